The van der Waals surface area contributed by atoms with Gasteiger partial charge < -0.3 is 0 Å². The lowest BCUT2D eigenvalue weighted by atomic mass is 10.3. The predicted molar refractivity (Wildman–Crippen MR) is 40.5 cm³/mol. The van der Waals surface area contributed by atoms with E-state index in [0.29, 0.717) is 11.8 Å². The number of fused-ring (bicyclic) bond motifs is 1. The molecule has 0 saturated heterocycles. The lowest BCUT2D eigenvalue weighted by Crippen LogP contribution is -1.85. The molecular formula is C8H5FN2O. The van der Waals surface area contributed by atoms with Crippen LogP contribution in [0.2, 0.25) is 0 Å². The highest BCUT2D eigenvalue weighted by atomic mass is 19.1. The summed E-state index contributed by atoms with van der Waals surface area (Å²) in [5, 5.41) is 0. The van der Waals surface area contributed by atoms with Gasteiger partial charge in [-0.25, -0.2) is 0 Å². The summed E-state index contributed by atoms with van der Waals surface area (Å²) in [4.78, 5) is 13.8. The predicted octanol–water partition coefficient (Wildman–Crippen LogP) is 1.29. The molecule has 3 nitrogen and oxygen atoms in total. The van der Waals surface area contributed by atoms with E-state index in [4.69, 9.17) is 0 Å². The lowest BCUT2D eigenvalue weighted by molar-refractivity contribution is 0.112. The van der Waals surface area contributed by atoms with Crippen molar-refractivity contribution in [3.63, 3.8) is 0 Å². The number of aldehydes is 1. The minimum absolute atomic E-state index is 0.133. The summed E-state index contributed by atoms with van der Waals surface area (Å²) in [6.45, 7) is 0. The van der Waals surface area contributed by atoms with Crippen LogP contribution >= 0.6 is 0 Å². The molecule has 2 aromatic rings. The average molecular weight is 164 g/mol. The number of hydrogen-bond acceptors (Lipinski definition) is 2. The Bertz CT molecular complexity index is 436. The van der Waals surface area contributed by atoms with E-state index in [9.17, 15) is 9.18 Å². The molecule has 0 fully saturated rings. The fourth-order valence-electron chi connectivity index (χ4n) is 1.11. The SMILES string of the molecule is O=Cc1nc(F)n2ccccc12. The molecule has 2 heterocycles. The van der Waals surface area contributed by atoms with Crippen LogP contribution < -0.4 is 0 Å². The summed E-state index contributed by atoms with van der Waals surface area (Å²) < 4.78 is 14.1. The maximum atomic E-state index is 12.9. The standard InChI is InChI=1S/C8H5FN2O/c9-8-10-6(5-12)7-3-1-2-4-11(7)8/h1-5H. The summed E-state index contributed by atoms with van der Waals surface area (Å²) in [6.07, 6.45) is 1.40. The fraction of sp³-hybridized carbons (Fsp3) is 0. The van der Waals surface area contributed by atoms with E-state index < -0.39 is 6.08 Å². The monoisotopic (exact) mass is 164 g/mol. The van der Waals surface area contributed by atoms with E-state index >= 15 is 0 Å². The van der Waals surface area contributed by atoms with Crippen LogP contribution in [0.25, 0.3) is 5.52 Å². The van der Waals surface area contributed by atoms with Gasteiger partial charge in [-0.2, -0.15) is 9.37 Å². The first-order valence-corrected chi connectivity index (χ1v) is 3.40. The normalized spacial score (nSPS) is 10.4. The first kappa shape index (κ1) is 6.97. The highest BCUT2D eigenvalue weighted by Crippen LogP contribution is 2.09. The Morgan fingerprint density at radius 2 is 2.33 bits per heavy atom. The van der Waals surface area contributed by atoms with Crippen LogP contribution in [-0.2, 0) is 0 Å². The zero-order valence-corrected chi connectivity index (χ0v) is 6.07. The van der Waals surface area contributed by atoms with E-state index in [1.807, 2.05) is 0 Å². The zero-order chi connectivity index (χ0) is 8.55. The van der Waals surface area contributed by atoms with E-state index in [2.05, 4.69) is 4.98 Å². The lowest BCUT2D eigenvalue weighted by Gasteiger charge is -1.90. The van der Waals surface area contributed by atoms with Crippen LogP contribution in [0, 0.1) is 6.08 Å². The summed E-state index contributed by atoms with van der Waals surface area (Å²) in [5.41, 5.74) is 0.623. The molecule has 0 radical (unpaired) electrons. The van der Waals surface area contributed by atoms with Gasteiger partial charge in [-0.15, -0.1) is 0 Å². The van der Waals surface area contributed by atoms with E-state index in [-0.39, 0.29) is 5.69 Å². The van der Waals surface area contributed by atoms with Crippen molar-refractivity contribution in [2.75, 3.05) is 0 Å². The maximum absolute atomic E-state index is 12.9. The quantitative estimate of drug-likeness (QED) is 0.595. The molecule has 12 heavy (non-hydrogen) atoms. The minimum Gasteiger partial charge on any atom is -0.296 e. The molecule has 2 rings (SSSR count). The van der Waals surface area contributed by atoms with E-state index in [0.717, 1.165) is 0 Å². The Morgan fingerprint density at radius 1 is 1.50 bits per heavy atom. The van der Waals surface area contributed by atoms with Crippen molar-refractivity contribution in [2.24, 2.45) is 0 Å². The van der Waals surface area contributed by atoms with Crippen LogP contribution in [0.5, 0.6) is 0 Å². The van der Waals surface area contributed by atoms with Gasteiger partial charge in [0.05, 0.1) is 5.52 Å². The Labute approximate surface area is 67.5 Å². The van der Waals surface area contributed by atoms with E-state index in [1.54, 1.807) is 18.2 Å². The second-order valence-electron chi connectivity index (χ2n) is 2.34. The Hall–Kier alpha value is -1.71. The Balaban J connectivity index is 2.91. The molecule has 0 aliphatic carbocycles. The van der Waals surface area contributed by atoms with Crippen LogP contribution in [0.4, 0.5) is 4.39 Å². The van der Waals surface area contributed by atoms with Crippen LogP contribution in [0.1, 0.15) is 10.5 Å². The van der Waals surface area contributed by atoms with Crippen molar-refractivity contribution in [3.8, 4) is 0 Å². The molecular weight excluding hydrogens is 159 g/mol. The number of carbonyl (C=O) groups is 1. The molecule has 0 spiro atoms. The molecule has 0 saturated carbocycles. The Morgan fingerprint density at radius 3 is 3.08 bits per heavy atom. The third-order valence-corrected chi connectivity index (χ3v) is 1.65. The second kappa shape index (κ2) is 2.41. The van der Waals surface area contributed by atoms with Crippen molar-refractivity contribution in [2.45, 2.75) is 0 Å². The number of carbonyl (C=O) groups excluding carboxylic acids is 1. The van der Waals surface area contributed by atoms with Crippen LogP contribution in [-0.4, -0.2) is 15.7 Å². The van der Waals surface area contributed by atoms with E-state index in [1.165, 1.54) is 10.6 Å². The van der Waals surface area contributed by atoms with Crippen LogP contribution in [0.3, 0.4) is 0 Å². The molecule has 0 amide bonds. The molecule has 0 aliphatic heterocycles. The summed E-state index contributed by atoms with van der Waals surface area (Å²) in [5.74, 6) is 0. The van der Waals surface area contributed by atoms with Gasteiger partial charge in [0.1, 0.15) is 5.69 Å². The van der Waals surface area contributed by atoms with Crippen molar-refractivity contribution in [1.29, 1.82) is 0 Å². The number of pyridine rings is 1. The van der Waals surface area contributed by atoms with Gasteiger partial charge in [0.2, 0.25) is 0 Å². The summed E-state index contributed by atoms with van der Waals surface area (Å²) in [6, 6.07) is 5.04. The van der Waals surface area contributed by atoms with Gasteiger partial charge in [-0.1, -0.05) is 6.07 Å². The second-order valence-corrected chi connectivity index (χ2v) is 2.34. The number of hydrogen-bond donors (Lipinski definition) is 0. The zero-order valence-electron chi connectivity index (χ0n) is 6.07. The first-order chi connectivity index (χ1) is 5.83. The summed E-state index contributed by atoms with van der Waals surface area (Å²) >= 11 is 0. The molecule has 0 bridgehead atoms. The van der Waals surface area contributed by atoms with Crippen molar-refractivity contribution in [3.05, 3.63) is 36.2 Å². The Kier molecular flexibility index (Phi) is 1.40. The van der Waals surface area contributed by atoms with Gasteiger partial charge in [0, 0.05) is 6.20 Å². The molecule has 2 aromatic heterocycles. The van der Waals surface area contributed by atoms with Gasteiger partial charge in [0.25, 0.3) is 6.08 Å². The highest BCUT2D eigenvalue weighted by Gasteiger charge is 2.07. The molecule has 0 unspecified atom stereocenters. The van der Waals surface area contributed by atoms with Crippen LogP contribution in [0.15, 0.2) is 24.4 Å². The maximum Gasteiger partial charge on any atom is 0.294 e. The van der Waals surface area contributed by atoms with Gasteiger partial charge >= 0.3 is 0 Å². The van der Waals surface area contributed by atoms with Gasteiger partial charge in [-0.3, -0.25) is 9.20 Å². The molecule has 60 valence electrons. The highest BCUT2D eigenvalue weighted by molar-refractivity contribution is 5.83. The molecule has 0 aromatic carbocycles. The molecule has 4 heteroatoms. The number of aromatic nitrogens is 2. The smallest absolute Gasteiger partial charge is 0.294 e. The molecule has 0 aliphatic rings. The van der Waals surface area contributed by atoms with Crippen molar-refractivity contribution in [1.82, 2.24) is 9.38 Å². The van der Waals surface area contributed by atoms with Crippen molar-refractivity contribution < 1.29 is 9.18 Å². The van der Waals surface area contributed by atoms with Gasteiger partial charge in [0.15, 0.2) is 6.29 Å². The number of rotatable bonds is 1. The largest absolute Gasteiger partial charge is 0.296 e. The van der Waals surface area contributed by atoms with Gasteiger partial charge in [-0.05, 0) is 12.1 Å². The minimum atomic E-state index is -0.660. The fourth-order valence-corrected chi connectivity index (χ4v) is 1.11. The topological polar surface area (TPSA) is 34.4 Å². The number of nitrogens with zero attached hydrogens (tertiary/aromatic N) is 2. The molecule has 0 N–H and O–H groups in total. The summed E-state index contributed by atoms with van der Waals surface area (Å²) in [7, 11) is 0. The number of halogens is 1. The van der Waals surface area contributed by atoms with Crippen molar-refractivity contribution >= 4 is 11.8 Å². The molecule has 0 atom stereocenters. The first-order valence-electron chi connectivity index (χ1n) is 3.40. The third-order valence-electron chi connectivity index (χ3n) is 1.65. The third kappa shape index (κ3) is 0.812. The number of imidazole rings is 1. The average Bonchev–Trinajstić information content (AvgIpc) is 2.44.